The van der Waals surface area contributed by atoms with Crippen LogP contribution in [0.4, 0.5) is 4.79 Å². The minimum Gasteiger partial charge on any atom is -0.453 e. The third-order valence-corrected chi connectivity index (χ3v) is 13.8. The van der Waals surface area contributed by atoms with Crippen LogP contribution in [0.25, 0.3) is 0 Å². The van der Waals surface area contributed by atoms with Crippen molar-refractivity contribution in [1.82, 2.24) is 4.90 Å². The van der Waals surface area contributed by atoms with Crippen LogP contribution < -0.4 is 0 Å². The smallest absolute Gasteiger partial charge is 0.409 e. The van der Waals surface area contributed by atoms with Gasteiger partial charge >= 0.3 is 6.09 Å². The Morgan fingerprint density at radius 3 is 2.39 bits per heavy atom. The molecule has 0 aromatic rings. The molecule has 6 aliphatic rings. The molecular formula is C30H49NO5. The zero-order valence-corrected chi connectivity index (χ0v) is 23.5. The first-order valence-corrected chi connectivity index (χ1v) is 14.6. The van der Waals surface area contributed by atoms with Crippen LogP contribution in [-0.4, -0.2) is 66.3 Å². The molecule has 36 heavy (non-hydrogen) atoms. The summed E-state index contributed by atoms with van der Waals surface area (Å²) in [5, 5.41) is 23.1. The van der Waals surface area contributed by atoms with Crippen LogP contribution in [0, 0.1) is 50.7 Å². The number of carbonyl (C=O) groups is 1. The molecule has 6 heteroatoms. The van der Waals surface area contributed by atoms with Crippen LogP contribution in [-0.2, 0) is 9.47 Å². The number of fused-ring (bicyclic) bond motifs is 4. The third kappa shape index (κ3) is 2.77. The van der Waals surface area contributed by atoms with Gasteiger partial charge in [0, 0.05) is 19.0 Å². The van der Waals surface area contributed by atoms with Crippen LogP contribution in [0.5, 0.6) is 0 Å². The predicted octanol–water partition coefficient (Wildman–Crippen LogP) is 4.86. The molecule has 1 saturated heterocycles. The molecule has 2 spiro atoms. The van der Waals surface area contributed by atoms with Gasteiger partial charge in [0.05, 0.1) is 31.5 Å². The summed E-state index contributed by atoms with van der Waals surface area (Å²) < 4.78 is 11.6. The minimum atomic E-state index is -0.486. The van der Waals surface area contributed by atoms with Gasteiger partial charge in [0.15, 0.2) is 0 Å². The minimum absolute atomic E-state index is 0.0207. The fraction of sp³-hybridized carbons (Fsp3) is 0.967. The van der Waals surface area contributed by atoms with E-state index >= 15 is 0 Å². The number of amides is 1. The molecule has 0 aromatic carbocycles. The summed E-state index contributed by atoms with van der Waals surface area (Å²) in [6, 6.07) is 0. The van der Waals surface area contributed by atoms with Gasteiger partial charge < -0.3 is 24.6 Å². The molecule has 12 atom stereocenters. The van der Waals surface area contributed by atoms with Crippen LogP contribution in [0.15, 0.2) is 0 Å². The Kier molecular flexibility index (Phi) is 5.39. The number of hydrogen-bond acceptors (Lipinski definition) is 5. The van der Waals surface area contributed by atoms with Crippen molar-refractivity contribution in [2.45, 2.75) is 110 Å². The lowest BCUT2D eigenvalue weighted by atomic mass is 9.41. The van der Waals surface area contributed by atoms with Crippen LogP contribution >= 0.6 is 0 Å². The summed E-state index contributed by atoms with van der Waals surface area (Å²) in [5.74, 6) is 1.88. The third-order valence-electron chi connectivity index (χ3n) is 13.8. The number of aliphatic hydroxyl groups is 2. The highest BCUT2D eigenvalue weighted by Gasteiger charge is 2.84. The molecule has 204 valence electrons. The maximum atomic E-state index is 12.2. The Bertz CT molecular complexity index is 938. The number of nitrogens with zero attached hydrogens (tertiary/aromatic N) is 1. The van der Waals surface area contributed by atoms with E-state index in [4.69, 9.17) is 9.47 Å². The Hall–Kier alpha value is -0.850. The number of likely N-dealkylation sites (N-methyl/N-ethyl adjacent to an activating group) is 1. The molecule has 6 fully saturated rings. The Morgan fingerprint density at radius 1 is 1.03 bits per heavy atom. The summed E-state index contributed by atoms with van der Waals surface area (Å²) in [6.45, 7) is 12.4. The summed E-state index contributed by atoms with van der Waals surface area (Å²) in [4.78, 5) is 13.6. The van der Waals surface area contributed by atoms with E-state index in [1.807, 2.05) is 0 Å². The molecule has 6 nitrogen and oxygen atoms in total. The van der Waals surface area contributed by atoms with Gasteiger partial charge in [-0.2, -0.15) is 0 Å². The van der Waals surface area contributed by atoms with E-state index in [0.717, 1.165) is 32.1 Å². The van der Waals surface area contributed by atoms with Gasteiger partial charge in [-0.15, -0.1) is 0 Å². The number of aliphatic hydroxyl groups excluding tert-OH is 2. The molecule has 0 radical (unpaired) electrons. The van der Waals surface area contributed by atoms with Gasteiger partial charge in [-0.3, -0.25) is 0 Å². The zero-order valence-electron chi connectivity index (χ0n) is 23.5. The molecule has 1 heterocycles. The number of hydrogen-bond donors (Lipinski definition) is 2. The topological polar surface area (TPSA) is 79.2 Å². The average Bonchev–Trinajstić information content (AvgIpc) is 3.46. The number of rotatable bonds is 2. The van der Waals surface area contributed by atoms with Crippen LogP contribution in [0.3, 0.4) is 0 Å². The van der Waals surface area contributed by atoms with Gasteiger partial charge in [0.2, 0.25) is 0 Å². The van der Waals surface area contributed by atoms with Crippen molar-refractivity contribution in [3.8, 4) is 0 Å². The molecule has 2 N–H and O–H groups in total. The van der Waals surface area contributed by atoms with E-state index in [9.17, 15) is 15.0 Å². The summed E-state index contributed by atoms with van der Waals surface area (Å²) in [6.07, 6.45) is 7.78. The highest BCUT2D eigenvalue weighted by atomic mass is 16.5. The second kappa shape index (κ2) is 7.63. The van der Waals surface area contributed by atoms with Crippen molar-refractivity contribution in [3.05, 3.63) is 0 Å². The molecule has 1 amide bonds. The van der Waals surface area contributed by atoms with Gasteiger partial charge in [-0.25, -0.2) is 4.79 Å². The van der Waals surface area contributed by atoms with Gasteiger partial charge in [0.1, 0.15) is 0 Å². The normalized spacial score (nSPS) is 56.4. The molecule has 8 unspecified atom stereocenters. The number of carbonyl (C=O) groups excluding carboxylic acids is 1. The molecule has 5 aliphatic carbocycles. The largest absolute Gasteiger partial charge is 0.453 e. The SMILES string of the molecule is COC(=O)N(C)CC1C[C@@H](C)[C@H]2C(O1)[C@H](O)[C@@]1(C)C3CCC4C(C)(C)C(O)CCC45CC35CCC21C. The van der Waals surface area contributed by atoms with E-state index < -0.39 is 6.10 Å². The highest BCUT2D eigenvalue weighted by molar-refractivity contribution is 5.66. The Labute approximate surface area is 217 Å². The van der Waals surface area contributed by atoms with E-state index in [1.165, 1.54) is 26.4 Å². The highest BCUT2D eigenvalue weighted by Crippen LogP contribution is 2.89. The zero-order chi connectivity index (χ0) is 26.1. The van der Waals surface area contributed by atoms with Crippen molar-refractivity contribution in [2.75, 3.05) is 20.7 Å². The quantitative estimate of drug-likeness (QED) is 0.563. The maximum Gasteiger partial charge on any atom is 0.409 e. The molecule has 0 aromatic heterocycles. The monoisotopic (exact) mass is 503 g/mol. The fourth-order valence-corrected chi connectivity index (χ4v) is 12.0. The summed E-state index contributed by atoms with van der Waals surface area (Å²) >= 11 is 0. The van der Waals surface area contributed by atoms with Crippen molar-refractivity contribution >= 4 is 6.09 Å². The van der Waals surface area contributed by atoms with Crippen molar-refractivity contribution < 1.29 is 24.5 Å². The van der Waals surface area contributed by atoms with Crippen LogP contribution in [0.1, 0.15) is 86.0 Å². The first-order chi connectivity index (χ1) is 16.8. The first-order valence-electron chi connectivity index (χ1n) is 14.6. The van der Waals surface area contributed by atoms with Gasteiger partial charge in [-0.05, 0) is 96.7 Å². The van der Waals surface area contributed by atoms with Crippen molar-refractivity contribution in [3.63, 3.8) is 0 Å². The van der Waals surface area contributed by atoms with E-state index in [1.54, 1.807) is 11.9 Å². The van der Waals surface area contributed by atoms with Crippen molar-refractivity contribution in [2.24, 2.45) is 50.7 Å². The number of ether oxygens (including phenoxy) is 2. The van der Waals surface area contributed by atoms with Gasteiger partial charge in [0.25, 0.3) is 0 Å². The standard InChI is InChI=1S/C30H49NO5/c1-17-14-18(15-31(6)25(34)35-7)36-23-22(17)27(4)12-13-30-16-29(30)11-10-21(32)26(2,3)19(29)8-9-20(30)28(27,5)24(23)33/h17-24,32-33H,8-16H2,1-7H3/t17-,18?,19?,20?,21?,22+,23?,24+,27?,28-,29?,30?/m1/s1. The average molecular weight is 504 g/mol. The van der Waals surface area contributed by atoms with E-state index in [-0.39, 0.29) is 40.7 Å². The first kappa shape index (κ1) is 25.4. The second-order valence-corrected chi connectivity index (χ2v) is 15.0. The summed E-state index contributed by atoms with van der Waals surface area (Å²) in [7, 11) is 3.17. The summed E-state index contributed by atoms with van der Waals surface area (Å²) in [5.41, 5.74) is 0.532. The maximum absolute atomic E-state index is 12.2. The lowest BCUT2D eigenvalue weighted by Gasteiger charge is -2.63. The van der Waals surface area contributed by atoms with Gasteiger partial charge in [-0.1, -0.05) is 34.6 Å². The molecule has 1 aliphatic heterocycles. The lowest BCUT2D eigenvalue weighted by Crippen LogP contribution is -2.59. The fourth-order valence-electron chi connectivity index (χ4n) is 12.0. The van der Waals surface area contributed by atoms with E-state index in [2.05, 4.69) is 34.6 Å². The van der Waals surface area contributed by atoms with Crippen LogP contribution in [0.2, 0.25) is 0 Å². The Balaban J connectivity index is 1.31. The van der Waals surface area contributed by atoms with Crippen molar-refractivity contribution in [1.29, 1.82) is 0 Å². The molecular weight excluding hydrogens is 454 g/mol. The Morgan fingerprint density at radius 2 is 1.69 bits per heavy atom. The number of methoxy groups -OCH3 is 1. The second-order valence-electron chi connectivity index (χ2n) is 15.0. The molecule has 0 bridgehead atoms. The molecule has 5 saturated carbocycles. The molecule has 6 rings (SSSR count). The van der Waals surface area contributed by atoms with E-state index in [0.29, 0.717) is 41.0 Å². The predicted molar refractivity (Wildman–Crippen MR) is 137 cm³/mol. The lowest BCUT2D eigenvalue weighted by molar-refractivity contribution is -0.182.